The maximum absolute atomic E-state index is 12.6. The van der Waals surface area contributed by atoms with Gasteiger partial charge in [0, 0.05) is 13.0 Å². The Kier molecular flexibility index (Phi) is 37.8. The Hall–Kier alpha value is -2.26. The summed E-state index contributed by atoms with van der Waals surface area (Å²) in [5.74, 6) is -0.515. The summed E-state index contributed by atoms with van der Waals surface area (Å²) >= 11 is 0. The van der Waals surface area contributed by atoms with E-state index >= 15 is 0 Å². The number of hydrogen-bond acceptors (Lipinski definition) is 8. The van der Waals surface area contributed by atoms with Crippen molar-refractivity contribution in [3.05, 3.63) is 73.1 Å². The van der Waals surface area contributed by atoms with Gasteiger partial charge in [0.2, 0.25) is 0 Å². The van der Waals surface area contributed by atoms with Crippen molar-refractivity contribution >= 4 is 13.8 Å². The topological polar surface area (TPSA) is 138 Å². The summed E-state index contributed by atoms with van der Waals surface area (Å²) in [4.78, 5) is 22.4. The maximum atomic E-state index is 12.6. The van der Waals surface area contributed by atoms with Crippen LogP contribution >= 0.6 is 7.82 Å². The van der Waals surface area contributed by atoms with Crippen molar-refractivity contribution in [2.75, 3.05) is 26.4 Å². The number of phosphoric acid groups is 1. The highest BCUT2D eigenvalue weighted by atomic mass is 31.2. The lowest BCUT2D eigenvalue weighted by Gasteiger charge is -2.19. The molecule has 306 valence electrons. The van der Waals surface area contributed by atoms with Crippen molar-refractivity contribution in [2.24, 2.45) is 5.73 Å². The van der Waals surface area contributed by atoms with Crippen LogP contribution in [-0.2, 0) is 27.9 Å². The number of hydrogen-bond donors (Lipinski definition) is 3. The minimum atomic E-state index is -4.35. The van der Waals surface area contributed by atoms with Gasteiger partial charge in [0.15, 0.2) is 6.10 Å². The molecule has 0 bridgehead atoms. The van der Waals surface area contributed by atoms with E-state index in [2.05, 4.69) is 50.3 Å². The smallest absolute Gasteiger partial charge is 0.472 e. The fourth-order valence-electron chi connectivity index (χ4n) is 5.18. The highest BCUT2D eigenvalue weighted by molar-refractivity contribution is 7.47. The van der Waals surface area contributed by atoms with E-state index in [0.717, 1.165) is 38.5 Å². The number of ether oxygens (including phenoxy) is 2. The molecule has 53 heavy (non-hydrogen) atoms. The minimum absolute atomic E-state index is 0.0467. The first-order valence-electron chi connectivity index (χ1n) is 20.6. The van der Waals surface area contributed by atoms with Gasteiger partial charge in [-0.1, -0.05) is 132 Å². The minimum Gasteiger partial charge on any atom is -0.498 e. The van der Waals surface area contributed by atoms with Crippen LogP contribution in [0.15, 0.2) is 73.1 Å². The molecule has 3 atom stereocenters. The zero-order chi connectivity index (χ0) is 38.9. The number of unbranched alkanes of at least 4 members (excludes halogenated alkanes) is 14. The van der Waals surface area contributed by atoms with Crippen molar-refractivity contribution in [1.29, 1.82) is 0 Å². The molecule has 0 amide bonds. The fraction of sp³-hybridized carbons (Fsp3) is 0.698. The monoisotopic (exact) mass is 766 g/mol. The van der Waals surface area contributed by atoms with Crippen LogP contribution in [0.1, 0.15) is 155 Å². The zero-order valence-electron chi connectivity index (χ0n) is 33.3. The average molecular weight is 766 g/mol. The molecule has 0 aromatic heterocycles. The van der Waals surface area contributed by atoms with Gasteiger partial charge in [0.25, 0.3) is 0 Å². The summed E-state index contributed by atoms with van der Waals surface area (Å²) < 4.78 is 33.0. The largest absolute Gasteiger partial charge is 0.498 e. The Balaban J connectivity index is 4.35. The summed E-state index contributed by atoms with van der Waals surface area (Å²) in [6.45, 7) is 3.95. The Labute approximate surface area is 323 Å². The van der Waals surface area contributed by atoms with Crippen molar-refractivity contribution in [1.82, 2.24) is 0 Å². The van der Waals surface area contributed by atoms with Crippen molar-refractivity contribution in [3.63, 3.8) is 0 Å². The van der Waals surface area contributed by atoms with Crippen molar-refractivity contribution in [3.8, 4) is 0 Å². The molecular formula is C43H76NO8P. The van der Waals surface area contributed by atoms with Gasteiger partial charge in [0.05, 0.1) is 25.6 Å². The molecule has 0 fully saturated rings. The van der Waals surface area contributed by atoms with Gasteiger partial charge < -0.3 is 25.2 Å². The van der Waals surface area contributed by atoms with Gasteiger partial charge in [-0.25, -0.2) is 4.57 Å². The van der Waals surface area contributed by atoms with E-state index in [1.807, 2.05) is 18.2 Å². The number of aliphatic hydroxyl groups excluding tert-OH is 1. The Morgan fingerprint density at radius 1 is 0.679 bits per heavy atom. The molecule has 9 nitrogen and oxygen atoms in total. The zero-order valence-corrected chi connectivity index (χ0v) is 34.2. The van der Waals surface area contributed by atoms with Gasteiger partial charge in [-0.05, 0) is 83.1 Å². The molecule has 10 heteroatoms. The SMILES string of the molecule is CCCCC/C=C\C/C=C\C/C=C\C=C\[C@H](O)CCCC(=O)O[C@H](CO/C=C/CCCCCCCC/C=C\CCCCCC)COP(=O)(O)OCCN. The molecule has 0 rings (SSSR count). The molecule has 0 spiro atoms. The van der Waals surface area contributed by atoms with E-state index in [0.29, 0.717) is 12.8 Å². The van der Waals surface area contributed by atoms with Crippen LogP contribution in [0.4, 0.5) is 0 Å². The predicted octanol–water partition coefficient (Wildman–Crippen LogP) is 11.3. The van der Waals surface area contributed by atoms with Crippen LogP contribution in [-0.4, -0.2) is 54.5 Å². The fourth-order valence-corrected chi connectivity index (χ4v) is 5.94. The van der Waals surface area contributed by atoms with E-state index < -0.39 is 26.0 Å². The van der Waals surface area contributed by atoms with Crippen LogP contribution in [0.3, 0.4) is 0 Å². The predicted molar refractivity (Wildman–Crippen MR) is 220 cm³/mol. The molecule has 0 aromatic carbocycles. The molecule has 0 aliphatic carbocycles. The summed E-state index contributed by atoms with van der Waals surface area (Å²) in [6, 6.07) is 0. The van der Waals surface area contributed by atoms with Crippen LogP contribution < -0.4 is 5.73 Å². The molecule has 4 N–H and O–H groups in total. The Morgan fingerprint density at radius 2 is 1.23 bits per heavy atom. The first-order chi connectivity index (χ1) is 25.8. The summed E-state index contributed by atoms with van der Waals surface area (Å²) in [5, 5.41) is 10.3. The van der Waals surface area contributed by atoms with Gasteiger partial charge in [-0.3, -0.25) is 13.8 Å². The number of rotatable bonds is 38. The number of esters is 1. The molecule has 0 aliphatic rings. The molecule has 1 unspecified atom stereocenters. The third kappa shape index (κ3) is 39.3. The molecule has 0 saturated carbocycles. The molecule has 0 radical (unpaired) electrons. The number of nitrogens with two attached hydrogens (primary N) is 1. The van der Waals surface area contributed by atoms with E-state index in [4.69, 9.17) is 24.3 Å². The van der Waals surface area contributed by atoms with E-state index in [1.165, 1.54) is 83.5 Å². The van der Waals surface area contributed by atoms with E-state index in [1.54, 1.807) is 18.4 Å². The number of carbonyl (C=O) groups excluding carboxylic acids is 1. The second-order valence-electron chi connectivity index (χ2n) is 13.4. The number of allylic oxidation sites excluding steroid dienone is 10. The molecule has 0 saturated heterocycles. The van der Waals surface area contributed by atoms with Crippen LogP contribution in [0, 0.1) is 0 Å². The third-order valence-electron chi connectivity index (χ3n) is 8.26. The first kappa shape index (κ1) is 50.7. The van der Waals surface area contributed by atoms with Crippen molar-refractivity contribution < 1.29 is 37.9 Å². The van der Waals surface area contributed by atoms with Crippen LogP contribution in [0.25, 0.3) is 0 Å². The maximum Gasteiger partial charge on any atom is 0.472 e. The standard InChI is InChI=1S/C43H76NO8P/c1-3-5-7-9-11-13-15-17-18-19-21-23-25-27-29-31-37-49-39-42(40-51-53(47,48)50-38-36-44)52-43(46)35-32-34-41(45)33-30-28-26-24-22-20-16-14-12-10-8-6-4-2/h12-15,20,22,26,28,30-31,33,37,41-42,45H,3-11,16-19,21,23-25,27,29,32,34-36,38-40,44H2,1-2H3,(H,47,48)/b14-12-,15-13-,22-20-,28-26-,33-30+,37-31+/t41-,42+/m0/s1. The lowest BCUT2D eigenvalue weighted by Crippen LogP contribution is -2.28. The quantitative estimate of drug-likeness (QED) is 0.0140. The summed E-state index contributed by atoms with van der Waals surface area (Å²) in [7, 11) is -4.35. The number of aliphatic hydroxyl groups is 1. The van der Waals surface area contributed by atoms with Crippen LogP contribution in [0.2, 0.25) is 0 Å². The number of carbonyl (C=O) groups is 1. The second kappa shape index (κ2) is 39.4. The average Bonchev–Trinajstić information content (AvgIpc) is 3.14. The first-order valence-corrected chi connectivity index (χ1v) is 22.1. The van der Waals surface area contributed by atoms with Gasteiger partial charge in [-0.2, -0.15) is 0 Å². The normalized spacial score (nSPS) is 14.8. The van der Waals surface area contributed by atoms with Gasteiger partial charge in [0.1, 0.15) is 6.61 Å². The summed E-state index contributed by atoms with van der Waals surface area (Å²) in [5.41, 5.74) is 5.34. The van der Waals surface area contributed by atoms with Gasteiger partial charge in [-0.15, -0.1) is 0 Å². The number of phosphoric ester groups is 1. The van der Waals surface area contributed by atoms with Crippen LogP contribution in [0.5, 0.6) is 0 Å². The Morgan fingerprint density at radius 3 is 1.89 bits per heavy atom. The van der Waals surface area contributed by atoms with Crippen molar-refractivity contribution in [2.45, 2.75) is 167 Å². The lowest BCUT2D eigenvalue weighted by molar-refractivity contribution is -0.153. The Bertz CT molecular complexity index is 1050. The third-order valence-corrected chi connectivity index (χ3v) is 9.25. The summed E-state index contributed by atoms with van der Waals surface area (Å²) in [6.07, 6.45) is 46.1. The lowest BCUT2D eigenvalue weighted by atomic mass is 10.1. The van der Waals surface area contributed by atoms with E-state index in [9.17, 15) is 19.4 Å². The molecule has 0 aliphatic heterocycles. The second-order valence-corrected chi connectivity index (χ2v) is 14.9. The highest BCUT2D eigenvalue weighted by Gasteiger charge is 2.25. The molecular weight excluding hydrogens is 689 g/mol. The molecule has 0 aromatic rings. The van der Waals surface area contributed by atoms with Gasteiger partial charge >= 0.3 is 13.8 Å². The van der Waals surface area contributed by atoms with E-state index in [-0.39, 0.29) is 32.8 Å². The highest BCUT2D eigenvalue weighted by Crippen LogP contribution is 2.43. The molecule has 0 heterocycles.